The van der Waals surface area contributed by atoms with E-state index in [1.165, 1.54) is 0 Å². The van der Waals surface area contributed by atoms with E-state index in [0.29, 0.717) is 56.4 Å². The van der Waals surface area contributed by atoms with Crippen molar-refractivity contribution in [2.45, 2.75) is 44.6 Å². The number of benzene rings is 3. The Labute approximate surface area is 288 Å². The van der Waals surface area contributed by atoms with Crippen LogP contribution in [0.25, 0.3) is 21.2 Å². The Balaban J connectivity index is 1.22. The lowest BCUT2D eigenvalue weighted by molar-refractivity contribution is -0.121. The largest absolute Gasteiger partial charge is 0.460 e. The van der Waals surface area contributed by atoms with Gasteiger partial charge in [-0.15, -0.1) is 0 Å². The van der Waals surface area contributed by atoms with Crippen molar-refractivity contribution in [2.75, 3.05) is 49.1 Å². The minimum atomic E-state index is -0.537. The van der Waals surface area contributed by atoms with Crippen molar-refractivity contribution >= 4 is 45.9 Å². The molecular weight excluding hydrogens is 646 g/mol. The Morgan fingerprint density at radius 2 is 1.92 bits per heavy atom. The molecule has 2 bridgehead atoms. The van der Waals surface area contributed by atoms with E-state index < -0.39 is 12.2 Å². The molecule has 1 N–H and O–H groups in total. The molecule has 252 valence electrons. The standard InChI is InChI=1S/C35H36ClN9O4/c36-28-10-4-8-24-9-5-11-30(32(24)28)43-15-13-27-29(21-43)40-34-41-33(27)45-17-16-44(35(47)48-22-23-6-2-1-3-7-23)20-25(45)18-31(46)38-14-12-26(49-34)19-39-42-37/h1-11,25-26H,12-22H2,(H,38,46). The van der Waals surface area contributed by atoms with Gasteiger partial charge in [0, 0.05) is 67.1 Å². The third-order valence-electron chi connectivity index (χ3n) is 9.24. The smallest absolute Gasteiger partial charge is 0.410 e. The fraction of sp³-hybridized carbons (Fsp3) is 0.371. The lowest BCUT2D eigenvalue weighted by atomic mass is 10.00. The maximum Gasteiger partial charge on any atom is 0.410 e. The average Bonchev–Trinajstić information content (AvgIpc) is 3.12. The second kappa shape index (κ2) is 14.5. The van der Waals surface area contributed by atoms with Gasteiger partial charge in [-0.1, -0.05) is 71.3 Å². The zero-order valence-corrected chi connectivity index (χ0v) is 27.6. The zero-order chi connectivity index (χ0) is 33.7. The summed E-state index contributed by atoms with van der Waals surface area (Å²) in [4.78, 5) is 45.3. The van der Waals surface area contributed by atoms with Crippen LogP contribution in [-0.2, 0) is 29.1 Å². The Bertz CT molecular complexity index is 1900. The quantitative estimate of drug-likeness (QED) is 0.162. The summed E-state index contributed by atoms with van der Waals surface area (Å²) in [5.74, 6) is 0.536. The number of carbonyl (C=O) groups excluding carboxylic acids is 2. The van der Waals surface area contributed by atoms with Gasteiger partial charge in [-0.3, -0.25) is 4.79 Å². The molecule has 0 saturated carbocycles. The Hall–Kier alpha value is -5.26. The molecule has 2 amide bonds. The van der Waals surface area contributed by atoms with Gasteiger partial charge in [0.1, 0.15) is 18.5 Å². The summed E-state index contributed by atoms with van der Waals surface area (Å²) in [6.07, 6.45) is 0.234. The molecule has 3 aromatic carbocycles. The molecular formula is C35H36ClN9O4. The van der Waals surface area contributed by atoms with Gasteiger partial charge in [-0.05, 0) is 35.0 Å². The highest BCUT2D eigenvalue weighted by atomic mass is 35.5. The molecule has 4 heterocycles. The van der Waals surface area contributed by atoms with Crippen LogP contribution in [0.15, 0.2) is 71.8 Å². The number of aromatic nitrogens is 2. The van der Waals surface area contributed by atoms with Crippen LogP contribution in [-0.4, -0.2) is 78.3 Å². The van der Waals surface area contributed by atoms with Gasteiger partial charge >= 0.3 is 12.1 Å². The first-order chi connectivity index (χ1) is 24.0. The molecule has 49 heavy (non-hydrogen) atoms. The van der Waals surface area contributed by atoms with E-state index in [2.05, 4.69) is 43.3 Å². The van der Waals surface area contributed by atoms with E-state index in [-0.39, 0.29) is 44.1 Å². The second-order valence-corrected chi connectivity index (χ2v) is 12.8. The zero-order valence-electron chi connectivity index (χ0n) is 26.9. The summed E-state index contributed by atoms with van der Waals surface area (Å²) in [5.41, 5.74) is 12.7. The predicted molar refractivity (Wildman–Crippen MR) is 186 cm³/mol. The normalized spacial score (nSPS) is 19.3. The molecule has 14 heteroatoms. The van der Waals surface area contributed by atoms with Crippen LogP contribution in [0.4, 0.5) is 16.3 Å². The molecule has 0 radical (unpaired) electrons. The number of anilines is 2. The highest BCUT2D eigenvalue weighted by molar-refractivity contribution is 6.36. The maximum atomic E-state index is 13.3. The highest BCUT2D eigenvalue weighted by Gasteiger charge is 2.36. The van der Waals surface area contributed by atoms with Crippen LogP contribution < -0.4 is 19.9 Å². The fourth-order valence-electron chi connectivity index (χ4n) is 6.83. The number of carbonyl (C=O) groups is 2. The van der Waals surface area contributed by atoms with Crippen LogP contribution in [0.2, 0.25) is 5.02 Å². The van der Waals surface area contributed by atoms with Gasteiger partial charge in [-0.2, -0.15) is 9.97 Å². The van der Waals surface area contributed by atoms with Crippen LogP contribution in [0.3, 0.4) is 0 Å². The van der Waals surface area contributed by atoms with Crippen molar-refractivity contribution in [2.24, 2.45) is 5.11 Å². The number of ether oxygens (including phenoxy) is 2. The fourth-order valence-corrected chi connectivity index (χ4v) is 7.11. The van der Waals surface area contributed by atoms with Crippen LogP contribution in [0.5, 0.6) is 6.01 Å². The van der Waals surface area contributed by atoms with E-state index >= 15 is 0 Å². The molecule has 1 aromatic heterocycles. The van der Waals surface area contributed by atoms with E-state index in [0.717, 1.165) is 33.3 Å². The lowest BCUT2D eigenvalue weighted by Crippen LogP contribution is -2.57. The van der Waals surface area contributed by atoms with Gasteiger partial charge in [-0.25, -0.2) is 4.79 Å². The van der Waals surface area contributed by atoms with Crippen molar-refractivity contribution in [3.8, 4) is 6.01 Å². The first-order valence-electron chi connectivity index (χ1n) is 16.5. The molecule has 0 spiro atoms. The number of hydrogen-bond acceptors (Lipinski definition) is 9. The van der Waals surface area contributed by atoms with Gasteiger partial charge in [0.05, 0.1) is 29.8 Å². The van der Waals surface area contributed by atoms with E-state index in [9.17, 15) is 9.59 Å². The SMILES string of the molecule is [N-]=[N+]=NCC1CCNC(=O)CC2CN(C(=O)OCc3ccccc3)CCN2c2nc(nc3c2CCN(c2cccc4cccc(Cl)c24)C3)O1. The predicted octanol–water partition coefficient (Wildman–Crippen LogP) is 5.64. The topological polar surface area (TPSA) is 149 Å². The Morgan fingerprint density at radius 1 is 1.08 bits per heavy atom. The summed E-state index contributed by atoms with van der Waals surface area (Å²) in [6, 6.07) is 21.4. The molecule has 1 saturated heterocycles. The van der Waals surface area contributed by atoms with E-state index in [1.54, 1.807) is 4.90 Å². The van der Waals surface area contributed by atoms with Gasteiger partial charge in [0.25, 0.3) is 0 Å². The number of nitrogens with one attached hydrogen (secondary N) is 1. The Kier molecular flexibility index (Phi) is 9.54. The summed E-state index contributed by atoms with van der Waals surface area (Å²) >= 11 is 6.71. The van der Waals surface area contributed by atoms with Crippen molar-refractivity contribution in [3.63, 3.8) is 0 Å². The first-order valence-corrected chi connectivity index (χ1v) is 16.8. The number of rotatable bonds is 5. The number of fused-ring (bicyclic) bond motifs is 7. The molecule has 3 aliphatic heterocycles. The molecule has 0 aliphatic carbocycles. The lowest BCUT2D eigenvalue weighted by Gasteiger charge is -2.43. The van der Waals surface area contributed by atoms with Gasteiger partial charge in [0.2, 0.25) is 5.91 Å². The molecule has 13 nitrogen and oxygen atoms in total. The molecule has 7 rings (SSSR count). The van der Waals surface area contributed by atoms with E-state index in [4.69, 9.17) is 36.6 Å². The number of halogens is 1. The van der Waals surface area contributed by atoms with E-state index in [1.807, 2.05) is 48.5 Å². The summed E-state index contributed by atoms with van der Waals surface area (Å²) in [7, 11) is 0. The number of amides is 2. The Morgan fingerprint density at radius 3 is 2.76 bits per heavy atom. The monoisotopic (exact) mass is 681 g/mol. The molecule has 2 atom stereocenters. The summed E-state index contributed by atoms with van der Waals surface area (Å²) in [6.45, 7) is 2.85. The van der Waals surface area contributed by atoms with Crippen molar-refractivity contribution < 1.29 is 19.1 Å². The van der Waals surface area contributed by atoms with Crippen molar-refractivity contribution in [3.05, 3.63) is 99.0 Å². The van der Waals surface area contributed by atoms with Crippen molar-refractivity contribution in [1.29, 1.82) is 0 Å². The minimum absolute atomic E-state index is 0.0647. The number of hydrogen-bond donors (Lipinski definition) is 1. The number of azide groups is 1. The van der Waals surface area contributed by atoms with Gasteiger partial charge in [0.15, 0.2) is 0 Å². The molecule has 1 fully saturated rings. The molecule has 4 aromatic rings. The highest BCUT2D eigenvalue weighted by Crippen LogP contribution is 2.38. The summed E-state index contributed by atoms with van der Waals surface area (Å²) < 4.78 is 11.9. The first kappa shape index (κ1) is 32.3. The second-order valence-electron chi connectivity index (χ2n) is 12.4. The molecule has 2 unspecified atom stereocenters. The number of nitrogens with zero attached hydrogens (tertiary/aromatic N) is 8. The van der Waals surface area contributed by atoms with Crippen LogP contribution >= 0.6 is 11.6 Å². The van der Waals surface area contributed by atoms with Crippen LogP contribution in [0.1, 0.15) is 29.7 Å². The minimum Gasteiger partial charge on any atom is -0.460 e. The van der Waals surface area contributed by atoms with Crippen LogP contribution in [0, 0.1) is 0 Å². The average molecular weight is 682 g/mol. The maximum absolute atomic E-state index is 13.3. The third-order valence-corrected chi connectivity index (χ3v) is 9.56. The van der Waals surface area contributed by atoms with Gasteiger partial charge < -0.3 is 29.5 Å². The van der Waals surface area contributed by atoms with Crippen molar-refractivity contribution in [1.82, 2.24) is 20.2 Å². The molecule has 3 aliphatic rings. The number of piperazine rings is 1. The third kappa shape index (κ3) is 7.13. The summed E-state index contributed by atoms with van der Waals surface area (Å²) in [5, 5.41) is 9.43.